The molecule has 0 amide bonds. The Hall–Kier alpha value is -0.770. The van der Waals surface area contributed by atoms with Crippen LogP contribution in [-0.4, -0.2) is 23.6 Å². The van der Waals surface area contributed by atoms with Gasteiger partial charge in [0.15, 0.2) is 0 Å². The molecule has 4 nitrogen and oxygen atoms in total. The van der Waals surface area contributed by atoms with Crippen molar-refractivity contribution in [1.29, 1.82) is 0 Å². The molecule has 0 aliphatic carbocycles. The summed E-state index contributed by atoms with van der Waals surface area (Å²) in [5, 5.41) is 15.4. The third kappa shape index (κ3) is 6.84. The average molecular weight is 257 g/mol. The predicted octanol–water partition coefficient (Wildman–Crippen LogP) is 3.10. The molecule has 0 saturated carbocycles. The summed E-state index contributed by atoms with van der Waals surface area (Å²) in [5.74, 6) is 0.310. The molecule has 0 aromatic heterocycles. The van der Waals surface area contributed by atoms with E-state index >= 15 is 0 Å². The first kappa shape index (κ1) is 17.2. The molecule has 0 spiro atoms. The molecule has 4 N–H and O–H groups in total. The third-order valence-corrected chi connectivity index (χ3v) is 3.53. The molecule has 18 heavy (non-hydrogen) atoms. The second-order valence-corrected chi connectivity index (χ2v) is 5.70. The number of hydrogen-bond acceptors (Lipinski definition) is 3. The van der Waals surface area contributed by atoms with E-state index in [-0.39, 0.29) is 5.41 Å². The highest BCUT2D eigenvalue weighted by Crippen LogP contribution is 2.20. The lowest BCUT2D eigenvalue weighted by Gasteiger charge is -2.25. The highest BCUT2D eigenvalue weighted by atomic mass is 16.4. The second-order valence-electron chi connectivity index (χ2n) is 5.70. The minimum Gasteiger partial charge on any atom is -0.409 e. The van der Waals surface area contributed by atoms with Crippen LogP contribution in [-0.2, 0) is 0 Å². The number of hydrogen-bond donors (Lipinski definition) is 3. The van der Waals surface area contributed by atoms with Gasteiger partial charge < -0.3 is 16.3 Å². The van der Waals surface area contributed by atoms with Crippen LogP contribution >= 0.6 is 0 Å². The molecule has 1 unspecified atom stereocenters. The van der Waals surface area contributed by atoms with Gasteiger partial charge in [0.1, 0.15) is 5.84 Å². The van der Waals surface area contributed by atoms with E-state index in [1.54, 1.807) is 0 Å². The number of nitrogens with zero attached hydrogens (tertiary/aromatic N) is 1. The van der Waals surface area contributed by atoms with Gasteiger partial charge in [0, 0.05) is 11.5 Å². The number of amidine groups is 1. The quantitative estimate of drug-likeness (QED) is 0.244. The Kier molecular flexibility index (Phi) is 8.81. The fraction of sp³-hybridized carbons (Fsp3) is 0.929. The van der Waals surface area contributed by atoms with Crippen molar-refractivity contribution in [2.75, 3.05) is 6.54 Å². The average Bonchev–Trinajstić information content (AvgIpc) is 2.34. The fourth-order valence-electron chi connectivity index (χ4n) is 2.00. The summed E-state index contributed by atoms with van der Waals surface area (Å²) < 4.78 is 0. The largest absolute Gasteiger partial charge is 0.409 e. The van der Waals surface area contributed by atoms with Gasteiger partial charge in [0.2, 0.25) is 0 Å². The smallest absolute Gasteiger partial charge is 0.144 e. The first-order valence-corrected chi connectivity index (χ1v) is 7.19. The van der Waals surface area contributed by atoms with Crippen LogP contribution in [0.1, 0.15) is 66.2 Å². The van der Waals surface area contributed by atoms with Crippen molar-refractivity contribution in [1.82, 2.24) is 5.32 Å². The minimum atomic E-state index is -0.247. The van der Waals surface area contributed by atoms with Crippen LogP contribution in [0.2, 0.25) is 0 Å². The van der Waals surface area contributed by atoms with E-state index in [1.807, 2.05) is 13.8 Å². The number of nitrogens with one attached hydrogen (secondary N) is 1. The lowest BCUT2D eigenvalue weighted by atomic mass is 9.88. The van der Waals surface area contributed by atoms with Crippen molar-refractivity contribution in [3.8, 4) is 0 Å². The Morgan fingerprint density at radius 1 is 1.28 bits per heavy atom. The zero-order chi connectivity index (χ0) is 14.0. The maximum absolute atomic E-state index is 8.72. The van der Waals surface area contributed by atoms with E-state index in [2.05, 4.69) is 24.3 Å². The van der Waals surface area contributed by atoms with Crippen LogP contribution < -0.4 is 11.1 Å². The summed E-state index contributed by atoms with van der Waals surface area (Å²) in [6.45, 7) is 9.37. The molecule has 0 aromatic rings. The molecule has 0 rings (SSSR count). The lowest BCUT2D eigenvalue weighted by molar-refractivity contribution is 0.303. The van der Waals surface area contributed by atoms with E-state index in [0.29, 0.717) is 11.9 Å². The van der Waals surface area contributed by atoms with E-state index in [0.717, 1.165) is 13.0 Å². The van der Waals surface area contributed by atoms with Gasteiger partial charge in [0.05, 0.1) is 0 Å². The van der Waals surface area contributed by atoms with Gasteiger partial charge in [-0.05, 0) is 25.8 Å². The maximum atomic E-state index is 8.72. The number of oxime groups is 1. The number of unbranched alkanes of at least 4 members (excludes halogenated alkanes) is 1. The lowest BCUT2D eigenvalue weighted by Crippen LogP contribution is -2.37. The standard InChI is InChI=1S/C14H31N3O/c1-5-7-9-12(8-6-2)16-11-10-14(3,4)13(15)17-18/h12,16,18H,5-11H2,1-4H3,(H2,15,17). The zero-order valence-corrected chi connectivity index (χ0v) is 12.5. The molecule has 0 radical (unpaired) electrons. The van der Waals surface area contributed by atoms with Gasteiger partial charge in [-0.15, -0.1) is 0 Å². The van der Waals surface area contributed by atoms with Gasteiger partial charge in [-0.3, -0.25) is 0 Å². The summed E-state index contributed by atoms with van der Waals surface area (Å²) in [7, 11) is 0. The van der Waals surface area contributed by atoms with Crippen LogP contribution in [0.4, 0.5) is 0 Å². The summed E-state index contributed by atoms with van der Waals surface area (Å²) in [6, 6.07) is 0.609. The number of rotatable bonds is 10. The second kappa shape index (κ2) is 9.20. The monoisotopic (exact) mass is 257 g/mol. The van der Waals surface area contributed by atoms with Gasteiger partial charge in [0.25, 0.3) is 0 Å². The first-order chi connectivity index (χ1) is 8.47. The fourth-order valence-corrected chi connectivity index (χ4v) is 2.00. The van der Waals surface area contributed by atoms with E-state index in [1.165, 1.54) is 32.1 Å². The predicted molar refractivity (Wildman–Crippen MR) is 78.0 cm³/mol. The molecule has 0 aliphatic heterocycles. The van der Waals surface area contributed by atoms with Gasteiger partial charge >= 0.3 is 0 Å². The highest BCUT2D eigenvalue weighted by molar-refractivity contribution is 5.85. The molecule has 0 heterocycles. The molecule has 0 aromatic carbocycles. The summed E-state index contributed by atoms with van der Waals surface area (Å²) in [5.41, 5.74) is 5.43. The Morgan fingerprint density at radius 3 is 2.44 bits per heavy atom. The highest BCUT2D eigenvalue weighted by Gasteiger charge is 2.23. The summed E-state index contributed by atoms with van der Waals surface area (Å²) in [4.78, 5) is 0. The summed E-state index contributed by atoms with van der Waals surface area (Å²) >= 11 is 0. The summed E-state index contributed by atoms with van der Waals surface area (Å²) in [6.07, 6.45) is 7.09. The maximum Gasteiger partial charge on any atom is 0.144 e. The van der Waals surface area contributed by atoms with Crippen molar-refractivity contribution in [2.45, 2.75) is 72.3 Å². The van der Waals surface area contributed by atoms with Crippen molar-refractivity contribution in [3.63, 3.8) is 0 Å². The molecule has 108 valence electrons. The molecule has 0 saturated heterocycles. The minimum absolute atomic E-state index is 0.247. The van der Waals surface area contributed by atoms with Crippen LogP contribution in [0, 0.1) is 5.41 Å². The molecular formula is C14H31N3O. The van der Waals surface area contributed by atoms with Crippen molar-refractivity contribution in [3.05, 3.63) is 0 Å². The van der Waals surface area contributed by atoms with Crippen LogP contribution in [0.15, 0.2) is 5.16 Å². The normalized spacial score (nSPS) is 14.8. The molecule has 0 bridgehead atoms. The topological polar surface area (TPSA) is 70.6 Å². The molecule has 0 fully saturated rings. The molecule has 0 aliphatic rings. The van der Waals surface area contributed by atoms with E-state index < -0.39 is 0 Å². The first-order valence-electron chi connectivity index (χ1n) is 7.19. The SMILES string of the molecule is CCCCC(CCC)NCCC(C)(C)C(N)=NO. The van der Waals surface area contributed by atoms with Crippen molar-refractivity contribution < 1.29 is 5.21 Å². The van der Waals surface area contributed by atoms with Gasteiger partial charge in [-0.1, -0.05) is 52.1 Å². The van der Waals surface area contributed by atoms with Crippen LogP contribution in [0.3, 0.4) is 0 Å². The van der Waals surface area contributed by atoms with Gasteiger partial charge in [-0.2, -0.15) is 0 Å². The molecular weight excluding hydrogens is 226 g/mol. The van der Waals surface area contributed by atoms with E-state index in [4.69, 9.17) is 10.9 Å². The Morgan fingerprint density at radius 2 is 1.94 bits per heavy atom. The Bertz CT molecular complexity index is 239. The van der Waals surface area contributed by atoms with E-state index in [9.17, 15) is 0 Å². The molecule has 1 atom stereocenters. The zero-order valence-electron chi connectivity index (χ0n) is 12.5. The van der Waals surface area contributed by atoms with Crippen LogP contribution in [0.25, 0.3) is 0 Å². The van der Waals surface area contributed by atoms with Crippen molar-refractivity contribution >= 4 is 5.84 Å². The van der Waals surface area contributed by atoms with Gasteiger partial charge in [-0.25, -0.2) is 0 Å². The number of nitrogens with two attached hydrogens (primary N) is 1. The molecule has 4 heteroatoms. The Balaban J connectivity index is 4.04. The Labute approximate surface area is 112 Å². The third-order valence-electron chi connectivity index (χ3n) is 3.53. The van der Waals surface area contributed by atoms with Crippen LogP contribution in [0.5, 0.6) is 0 Å². The van der Waals surface area contributed by atoms with Crippen molar-refractivity contribution in [2.24, 2.45) is 16.3 Å².